The van der Waals surface area contributed by atoms with Crippen LogP contribution in [-0.4, -0.2) is 5.11 Å². The van der Waals surface area contributed by atoms with Crippen molar-refractivity contribution in [3.63, 3.8) is 0 Å². The summed E-state index contributed by atoms with van der Waals surface area (Å²) in [7, 11) is 0. The summed E-state index contributed by atoms with van der Waals surface area (Å²) in [5.41, 5.74) is 2.35. The van der Waals surface area contributed by atoms with Crippen LogP contribution >= 0.6 is 12.6 Å². The predicted molar refractivity (Wildman–Crippen MR) is 64.1 cm³/mol. The largest absolute Gasteiger partial charge is 0.508 e. The third-order valence-electron chi connectivity index (χ3n) is 2.92. The van der Waals surface area contributed by atoms with Crippen molar-refractivity contribution in [2.24, 2.45) is 0 Å². The first kappa shape index (κ1) is 11.4. The Labute approximate surface area is 91.6 Å². The van der Waals surface area contributed by atoms with Crippen LogP contribution in [0.4, 0.5) is 0 Å². The lowest BCUT2D eigenvalue weighted by Crippen LogP contribution is -2.15. The summed E-state index contributed by atoms with van der Waals surface area (Å²) in [6.07, 6.45) is 1.09. The van der Waals surface area contributed by atoms with Gasteiger partial charge in [0.1, 0.15) is 5.75 Å². The summed E-state index contributed by atoms with van der Waals surface area (Å²) in [6.45, 7) is 6.59. The van der Waals surface area contributed by atoms with Crippen LogP contribution in [0.25, 0.3) is 0 Å². The number of hydrogen-bond acceptors (Lipinski definition) is 2. The average Bonchev–Trinajstić information content (AvgIpc) is 2.18. The van der Waals surface area contributed by atoms with Gasteiger partial charge in [-0.3, -0.25) is 0 Å². The maximum atomic E-state index is 9.52. The molecule has 14 heavy (non-hydrogen) atoms. The van der Waals surface area contributed by atoms with Crippen LogP contribution < -0.4 is 0 Å². The van der Waals surface area contributed by atoms with Gasteiger partial charge < -0.3 is 5.11 Å². The minimum Gasteiger partial charge on any atom is -0.508 e. The normalized spacial score (nSPS) is 11.7. The zero-order valence-electron chi connectivity index (χ0n) is 9.04. The Bertz CT molecular complexity index is 318. The number of benzene rings is 1. The lowest BCUT2D eigenvalue weighted by molar-refractivity contribution is 0.466. The smallest absolute Gasteiger partial charge is 0.119 e. The van der Waals surface area contributed by atoms with Crippen molar-refractivity contribution < 1.29 is 5.11 Å². The topological polar surface area (TPSA) is 20.2 Å². The summed E-state index contributed by atoms with van der Waals surface area (Å²) in [5, 5.41) is 9.52. The minimum absolute atomic E-state index is 0.172. The Hall–Kier alpha value is -0.630. The standard InChI is InChI=1S/C12H18OS/c1-4-12(2,3)10-5-6-11(13)9(7-10)8-14/h5-7,13-14H,4,8H2,1-3H3. The van der Waals surface area contributed by atoms with E-state index in [0.29, 0.717) is 11.5 Å². The van der Waals surface area contributed by atoms with E-state index in [1.165, 1.54) is 5.56 Å². The second kappa shape index (κ2) is 4.26. The first-order valence-corrected chi connectivity index (χ1v) is 5.57. The molecule has 2 heteroatoms. The highest BCUT2D eigenvalue weighted by Gasteiger charge is 2.18. The van der Waals surface area contributed by atoms with E-state index in [-0.39, 0.29) is 5.41 Å². The third-order valence-corrected chi connectivity index (χ3v) is 3.26. The average molecular weight is 210 g/mol. The molecule has 0 aliphatic rings. The van der Waals surface area contributed by atoms with Crippen LogP contribution in [0.5, 0.6) is 5.75 Å². The fourth-order valence-corrected chi connectivity index (χ4v) is 1.59. The lowest BCUT2D eigenvalue weighted by Gasteiger charge is -2.24. The Kier molecular flexibility index (Phi) is 3.48. The van der Waals surface area contributed by atoms with Crippen molar-refractivity contribution in [3.8, 4) is 5.75 Å². The van der Waals surface area contributed by atoms with Crippen molar-refractivity contribution in [3.05, 3.63) is 29.3 Å². The van der Waals surface area contributed by atoms with Crippen molar-refractivity contribution >= 4 is 12.6 Å². The Morgan fingerprint density at radius 2 is 2.00 bits per heavy atom. The van der Waals surface area contributed by atoms with E-state index < -0.39 is 0 Å². The second-order valence-electron chi connectivity index (χ2n) is 4.24. The van der Waals surface area contributed by atoms with Gasteiger partial charge in [-0.15, -0.1) is 0 Å². The van der Waals surface area contributed by atoms with Gasteiger partial charge in [0.2, 0.25) is 0 Å². The van der Waals surface area contributed by atoms with Gasteiger partial charge in [-0.25, -0.2) is 0 Å². The molecular weight excluding hydrogens is 192 g/mol. The first-order valence-electron chi connectivity index (χ1n) is 4.94. The SMILES string of the molecule is CCC(C)(C)c1ccc(O)c(CS)c1. The molecule has 0 atom stereocenters. The first-order chi connectivity index (χ1) is 6.51. The van der Waals surface area contributed by atoms with E-state index in [4.69, 9.17) is 0 Å². The maximum Gasteiger partial charge on any atom is 0.119 e. The van der Waals surface area contributed by atoms with Crippen LogP contribution in [0.2, 0.25) is 0 Å². The monoisotopic (exact) mass is 210 g/mol. The van der Waals surface area contributed by atoms with E-state index in [2.05, 4.69) is 33.4 Å². The summed E-state index contributed by atoms with van der Waals surface area (Å²) in [5.74, 6) is 0.926. The molecule has 1 rings (SSSR count). The Morgan fingerprint density at radius 1 is 1.36 bits per heavy atom. The molecule has 78 valence electrons. The maximum absolute atomic E-state index is 9.52. The molecule has 1 aromatic rings. The molecular formula is C12H18OS. The second-order valence-corrected chi connectivity index (χ2v) is 4.56. The van der Waals surface area contributed by atoms with Crippen LogP contribution in [0.15, 0.2) is 18.2 Å². The molecule has 0 amide bonds. The molecule has 0 unspecified atom stereocenters. The highest BCUT2D eigenvalue weighted by molar-refractivity contribution is 7.79. The van der Waals surface area contributed by atoms with Crippen molar-refractivity contribution in [1.82, 2.24) is 0 Å². The van der Waals surface area contributed by atoms with Crippen LogP contribution in [-0.2, 0) is 11.2 Å². The highest BCUT2D eigenvalue weighted by Crippen LogP contribution is 2.30. The van der Waals surface area contributed by atoms with Crippen molar-refractivity contribution in [2.75, 3.05) is 0 Å². The van der Waals surface area contributed by atoms with E-state index in [1.54, 1.807) is 6.07 Å². The number of rotatable bonds is 3. The summed E-state index contributed by atoms with van der Waals surface area (Å²) in [6, 6.07) is 5.80. The molecule has 1 N–H and O–H groups in total. The van der Waals surface area contributed by atoms with Crippen LogP contribution in [0, 0.1) is 0 Å². The highest BCUT2D eigenvalue weighted by atomic mass is 32.1. The summed E-state index contributed by atoms with van der Waals surface area (Å²) in [4.78, 5) is 0. The van der Waals surface area contributed by atoms with Gasteiger partial charge in [0.05, 0.1) is 0 Å². The molecule has 0 aliphatic heterocycles. The number of hydrogen-bond donors (Lipinski definition) is 2. The van der Waals surface area contributed by atoms with Crippen LogP contribution in [0.3, 0.4) is 0 Å². The summed E-state index contributed by atoms with van der Waals surface area (Å²) >= 11 is 4.19. The van der Waals surface area contributed by atoms with Crippen LogP contribution in [0.1, 0.15) is 38.3 Å². The van der Waals surface area contributed by atoms with Gasteiger partial charge in [0.25, 0.3) is 0 Å². The fraction of sp³-hybridized carbons (Fsp3) is 0.500. The number of thiol groups is 1. The Balaban J connectivity index is 3.12. The quantitative estimate of drug-likeness (QED) is 0.732. The molecule has 1 aromatic carbocycles. The zero-order chi connectivity index (χ0) is 10.8. The third kappa shape index (κ3) is 2.24. The molecule has 0 bridgehead atoms. The number of phenolic OH excluding ortho intramolecular Hbond substituents is 1. The van der Waals surface area contributed by atoms with Gasteiger partial charge in [-0.1, -0.05) is 32.9 Å². The van der Waals surface area contributed by atoms with E-state index in [0.717, 1.165) is 12.0 Å². The number of phenols is 1. The minimum atomic E-state index is 0.172. The molecule has 0 heterocycles. The predicted octanol–water partition coefficient (Wildman–Crippen LogP) is 3.51. The zero-order valence-corrected chi connectivity index (χ0v) is 9.94. The molecule has 0 spiro atoms. The van der Waals surface area contributed by atoms with Crippen molar-refractivity contribution in [1.29, 1.82) is 0 Å². The number of aromatic hydroxyl groups is 1. The molecule has 0 radical (unpaired) electrons. The molecule has 1 nitrogen and oxygen atoms in total. The van der Waals surface area contributed by atoms with Gasteiger partial charge in [-0.2, -0.15) is 12.6 Å². The van der Waals surface area contributed by atoms with E-state index >= 15 is 0 Å². The van der Waals surface area contributed by atoms with Gasteiger partial charge >= 0.3 is 0 Å². The fourth-order valence-electron chi connectivity index (χ4n) is 1.34. The molecule has 0 aliphatic carbocycles. The Morgan fingerprint density at radius 3 is 2.50 bits per heavy atom. The molecule has 0 saturated heterocycles. The van der Waals surface area contributed by atoms with E-state index in [9.17, 15) is 5.11 Å². The summed E-state index contributed by atoms with van der Waals surface area (Å²) < 4.78 is 0. The van der Waals surface area contributed by atoms with E-state index in [1.807, 2.05) is 12.1 Å². The van der Waals surface area contributed by atoms with Gasteiger partial charge in [-0.05, 0) is 23.5 Å². The van der Waals surface area contributed by atoms with Gasteiger partial charge in [0, 0.05) is 11.3 Å². The molecule has 0 fully saturated rings. The van der Waals surface area contributed by atoms with Crippen molar-refractivity contribution in [2.45, 2.75) is 38.4 Å². The lowest BCUT2D eigenvalue weighted by atomic mass is 9.81. The van der Waals surface area contributed by atoms with Gasteiger partial charge in [0.15, 0.2) is 0 Å². The molecule has 0 aromatic heterocycles. The molecule has 0 saturated carbocycles.